The first kappa shape index (κ1) is 9.80. The van der Waals surface area contributed by atoms with Crippen molar-refractivity contribution in [1.82, 2.24) is 4.98 Å². The standard InChI is InChI=1S/C10H14N2OS/c1-7-9(4-6-13-7)14-10-8(11)3-2-5-12-10/h2-3,5,7,9H,4,6,11H2,1H3. The molecule has 0 aromatic carbocycles. The largest absolute Gasteiger partial charge is 0.397 e. The normalized spacial score (nSPS) is 26.6. The second-order valence-electron chi connectivity index (χ2n) is 3.42. The van der Waals surface area contributed by atoms with Crippen molar-refractivity contribution in [1.29, 1.82) is 0 Å². The van der Waals surface area contributed by atoms with E-state index in [4.69, 9.17) is 10.5 Å². The summed E-state index contributed by atoms with van der Waals surface area (Å²) in [4.78, 5) is 4.26. The molecule has 2 N–H and O–H groups in total. The summed E-state index contributed by atoms with van der Waals surface area (Å²) in [7, 11) is 0. The van der Waals surface area contributed by atoms with Crippen LogP contribution in [0.1, 0.15) is 13.3 Å². The number of ether oxygens (including phenoxy) is 1. The third-order valence-corrected chi connectivity index (χ3v) is 3.86. The number of nitrogens with zero attached hydrogens (tertiary/aromatic N) is 1. The van der Waals surface area contributed by atoms with Crippen molar-refractivity contribution in [3.05, 3.63) is 18.3 Å². The number of hydrogen-bond donors (Lipinski definition) is 1. The Balaban J connectivity index is 2.07. The average Bonchev–Trinajstić information content (AvgIpc) is 2.56. The molecule has 1 saturated heterocycles. The monoisotopic (exact) mass is 210 g/mol. The van der Waals surface area contributed by atoms with E-state index in [2.05, 4.69) is 11.9 Å². The average molecular weight is 210 g/mol. The Labute approximate surface area is 88.0 Å². The number of nitrogen functional groups attached to an aromatic ring is 1. The Kier molecular flexibility index (Phi) is 2.93. The molecule has 0 amide bonds. The van der Waals surface area contributed by atoms with Gasteiger partial charge in [0.25, 0.3) is 0 Å². The van der Waals surface area contributed by atoms with Crippen LogP contribution in [-0.2, 0) is 4.74 Å². The van der Waals surface area contributed by atoms with Gasteiger partial charge in [-0.3, -0.25) is 0 Å². The summed E-state index contributed by atoms with van der Waals surface area (Å²) < 4.78 is 5.49. The van der Waals surface area contributed by atoms with Gasteiger partial charge in [-0.1, -0.05) is 11.8 Å². The van der Waals surface area contributed by atoms with Crippen LogP contribution in [0.2, 0.25) is 0 Å². The molecular weight excluding hydrogens is 196 g/mol. The van der Waals surface area contributed by atoms with E-state index in [9.17, 15) is 0 Å². The maximum Gasteiger partial charge on any atom is 0.119 e. The van der Waals surface area contributed by atoms with E-state index in [-0.39, 0.29) is 0 Å². The summed E-state index contributed by atoms with van der Waals surface area (Å²) in [6.45, 7) is 2.95. The van der Waals surface area contributed by atoms with E-state index in [0.29, 0.717) is 11.4 Å². The van der Waals surface area contributed by atoms with Gasteiger partial charge in [-0.05, 0) is 25.5 Å². The zero-order chi connectivity index (χ0) is 9.97. The molecule has 2 unspecified atom stereocenters. The van der Waals surface area contributed by atoms with Crippen LogP contribution in [0, 0.1) is 0 Å². The van der Waals surface area contributed by atoms with Crippen molar-refractivity contribution in [2.75, 3.05) is 12.3 Å². The topological polar surface area (TPSA) is 48.1 Å². The highest BCUT2D eigenvalue weighted by Crippen LogP contribution is 2.33. The summed E-state index contributed by atoms with van der Waals surface area (Å²) in [5.41, 5.74) is 6.58. The Bertz CT molecular complexity index is 319. The summed E-state index contributed by atoms with van der Waals surface area (Å²) in [6.07, 6.45) is 3.17. The lowest BCUT2D eigenvalue weighted by Gasteiger charge is -2.13. The molecule has 2 atom stereocenters. The van der Waals surface area contributed by atoms with Gasteiger partial charge in [-0.25, -0.2) is 4.98 Å². The second kappa shape index (κ2) is 4.19. The number of nitrogens with two attached hydrogens (primary N) is 1. The summed E-state index contributed by atoms with van der Waals surface area (Å²) in [6, 6.07) is 3.74. The summed E-state index contributed by atoms with van der Waals surface area (Å²) in [5, 5.41) is 1.42. The minimum Gasteiger partial charge on any atom is -0.397 e. The molecule has 0 saturated carbocycles. The van der Waals surface area contributed by atoms with Crippen LogP contribution in [0.4, 0.5) is 5.69 Å². The molecule has 1 fully saturated rings. The van der Waals surface area contributed by atoms with Crippen molar-refractivity contribution >= 4 is 17.4 Å². The van der Waals surface area contributed by atoms with Crippen LogP contribution in [0.25, 0.3) is 0 Å². The quantitative estimate of drug-likeness (QED) is 0.810. The van der Waals surface area contributed by atoms with E-state index in [1.54, 1.807) is 18.0 Å². The van der Waals surface area contributed by atoms with Crippen LogP contribution < -0.4 is 5.73 Å². The van der Waals surface area contributed by atoms with E-state index in [1.807, 2.05) is 12.1 Å². The lowest BCUT2D eigenvalue weighted by Crippen LogP contribution is -2.13. The molecule has 3 nitrogen and oxygen atoms in total. The van der Waals surface area contributed by atoms with Gasteiger partial charge in [0.1, 0.15) is 5.03 Å². The Morgan fingerprint density at radius 2 is 2.50 bits per heavy atom. The fourth-order valence-corrected chi connectivity index (χ4v) is 2.61. The molecule has 0 spiro atoms. The fraction of sp³-hybridized carbons (Fsp3) is 0.500. The van der Waals surface area contributed by atoms with Gasteiger partial charge < -0.3 is 10.5 Å². The zero-order valence-electron chi connectivity index (χ0n) is 8.14. The molecule has 14 heavy (non-hydrogen) atoms. The van der Waals surface area contributed by atoms with Gasteiger partial charge in [-0.15, -0.1) is 0 Å². The number of aromatic nitrogens is 1. The Morgan fingerprint density at radius 1 is 1.64 bits per heavy atom. The van der Waals surface area contributed by atoms with E-state index >= 15 is 0 Å². The van der Waals surface area contributed by atoms with Crippen LogP contribution >= 0.6 is 11.8 Å². The first-order chi connectivity index (χ1) is 6.77. The van der Waals surface area contributed by atoms with Crippen LogP contribution in [0.5, 0.6) is 0 Å². The van der Waals surface area contributed by atoms with Gasteiger partial charge in [0.05, 0.1) is 11.8 Å². The lowest BCUT2D eigenvalue weighted by molar-refractivity contribution is 0.127. The smallest absolute Gasteiger partial charge is 0.119 e. The van der Waals surface area contributed by atoms with E-state index < -0.39 is 0 Å². The van der Waals surface area contributed by atoms with Gasteiger partial charge in [-0.2, -0.15) is 0 Å². The molecular formula is C10H14N2OS. The molecule has 76 valence electrons. The molecule has 2 rings (SSSR count). The minimum atomic E-state index is 0.307. The molecule has 0 aliphatic carbocycles. The molecule has 2 heterocycles. The number of hydrogen-bond acceptors (Lipinski definition) is 4. The molecule has 0 bridgehead atoms. The van der Waals surface area contributed by atoms with Gasteiger partial charge in [0.2, 0.25) is 0 Å². The number of rotatable bonds is 2. The van der Waals surface area contributed by atoms with Crippen molar-refractivity contribution < 1.29 is 4.74 Å². The van der Waals surface area contributed by atoms with Gasteiger partial charge in [0, 0.05) is 18.1 Å². The van der Waals surface area contributed by atoms with Crippen LogP contribution in [0.15, 0.2) is 23.4 Å². The predicted octanol–water partition coefficient (Wildman–Crippen LogP) is 1.93. The maximum atomic E-state index is 5.82. The first-order valence-corrected chi connectivity index (χ1v) is 5.64. The highest BCUT2D eigenvalue weighted by Gasteiger charge is 2.25. The molecule has 4 heteroatoms. The summed E-state index contributed by atoms with van der Waals surface area (Å²) in [5.74, 6) is 0. The highest BCUT2D eigenvalue weighted by molar-refractivity contribution is 8.00. The summed E-state index contributed by atoms with van der Waals surface area (Å²) >= 11 is 1.72. The van der Waals surface area contributed by atoms with Crippen molar-refractivity contribution in [3.63, 3.8) is 0 Å². The van der Waals surface area contributed by atoms with Crippen molar-refractivity contribution in [3.8, 4) is 0 Å². The number of thioether (sulfide) groups is 1. The first-order valence-electron chi connectivity index (χ1n) is 4.76. The highest BCUT2D eigenvalue weighted by atomic mass is 32.2. The third kappa shape index (κ3) is 2.01. The molecule has 1 aromatic heterocycles. The van der Waals surface area contributed by atoms with E-state index in [1.165, 1.54) is 0 Å². The second-order valence-corrected chi connectivity index (χ2v) is 4.65. The molecule has 1 aliphatic rings. The Morgan fingerprint density at radius 3 is 3.14 bits per heavy atom. The SMILES string of the molecule is CC1OCCC1Sc1ncccc1N. The predicted molar refractivity (Wildman–Crippen MR) is 58.3 cm³/mol. The fourth-order valence-electron chi connectivity index (χ4n) is 1.51. The molecule has 0 radical (unpaired) electrons. The Hall–Kier alpha value is -0.740. The zero-order valence-corrected chi connectivity index (χ0v) is 8.96. The third-order valence-electron chi connectivity index (χ3n) is 2.37. The lowest BCUT2D eigenvalue weighted by atomic mass is 10.3. The number of pyridine rings is 1. The minimum absolute atomic E-state index is 0.307. The van der Waals surface area contributed by atoms with E-state index in [0.717, 1.165) is 23.7 Å². The number of anilines is 1. The van der Waals surface area contributed by atoms with Crippen LogP contribution in [0.3, 0.4) is 0 Å². The van der Waals surface area contributed by atoms with Gasteiger partial charge >= 0.3 is 0 Å². The molecule has 1 aromatic rings. The van der Waals surface area contributed by atoms with Crippen molar-refractivity contribution in [2.45, 2.75) is 29.7 Å². The maximum absolute atomic E-state index is 5.82. The van der Waals surface area contributed by atoms with Crippen LogP contribution in [-0.4, -0.2) is 22.9 Å². The van der Waals surface area contributed by atoms with Gasteiger partial charge in [0.15, 0.2) is 0 Å². The van der Waals surface area contributed by atoms with Crippen molar-refractivity contribution in [2.24, 2.45) is 0 Å². The molecule has 1 aliphatic heterocycles.